The summed E-state index contributed by atoms with van der Waals surface area (Å²) in [4.78, 5) is 22.7. The molecule has 22 heavy (non-hydrogen) atoms. The fraction of sp³-hybridized carbons (Fsp3) is 0.176. The summed E-state index contributed by atoms with van der Waals surface area (Å²) in [7, 11) is 0. The van der Waals surface area contributed by atoms with E-state index in [1.807, 2.05) is 31.2 Å². The van der Waals surface area contributed by atoms with Gasteiger partial charge in [-0.05, 0) is 36.8 Å². The molecule has 0 saturated heterocycles. The highest BCUT2D eigenvalue weighted by atomic mass is 16.2. The molecule has 4 N–H and O–H groups in total. The minimum atomic E-state index is -0.470. The zero-order valence-electron chi connectivity index (χ0n) is 12.4. The highest BCUT2D eigenvalue weighted by Gasteiger charge is 2.03. The van der Waals surface area contributed by atoms with Gasteiger partial charge in [-0.3, -0.25) is 9.59 Å². The van der Waals surface area contributed by atoms with Gasteiger partial charge in [0.1, 0.15) is 0 Å². The van der Waals surface area contributed by atoms with Gasteiger partial charge < -0.3 is 16.4 Å². The van der Waals surface area contributed by atoms with E-state index in [9.17, 15) is 9.59 Å². The van der Waals surface area contributed by atoms with E-state index >= 15 is 0 Å². The minimum absolute atomic E-state index is 0.0976. The first-order valence-electron chi connectivity index (χ1n) is 7.00. The Labute approximate surface area is 129 Å². The van der Waals surface area contributed by atoms with Gasteiger partial charge in [-0.2, -0.15) is 0 Å². The second-order valence-corrected chi connectivity index (χ2v) is 5.06. The maximum Gasteiger partial charge on any atom is 0.248 e. The quantitative estimate of drug-likeness (QED) is 0.760. The molecular formula is C17H19N3O2. The third-order valence-corrected chi connectivity index (χ3v) is 3.23. The van der Waals surface area contributed by atoms with Gasteiger partial charge in [0, 0.05) is 17.8 Å². The predicted octanol–water partition coefficient (Wildman–Crippen LogP) is 1.82. The van der Waals surface area contributed by atoms with Crippen molar-refractivity contribution in [3.05, 3.63) is 65.2 Å². The van der Waals surface area contributed by atoms with Crippen LogP contribution in [0.3, 0.4) is 0 Å². The Balaban J connectivity index is 1.77. The van der Waals surface area contributed by atoms with Crippen molar-refractivity contribution in [3.8, 4) is 0 Å². The predicted molar refractivity (Wildman–Crippen MR) is 86.5 cm³/mol. The summed E-state index contributed by atoms with van der Waals surface area (Å²) in [5, 5.41) is 5.83. The molecule has 0 unspecified atom stereocenters. The molecule has 2 aromatic rings. The van der Waals surface area contributed by atoms with Crippen LogP contribution in [0.2, 0.25) is 0 Å². The lowest BCUT2D eigenvalue weighted by molar-refractivity contribution is -0.119. The average Bonchev–Trinajstić information content (AvgIpc) is 2.52. The van der Waals surface area contributed by atoms with Gasteiger partial charge in [-0.15, -0.1) is 0 Å². The number of amides is 2. The summed E-state index contributed by atoms with van der Waals surface area (Å²) in [5.41, 5.74) is 8.62. The molecule has 0 atom stereocenters. The maximum atomic E-state index is 11.8. The van der Waals surface area contributed by atoms with Crippen molar-refractivity contribution in [2.45, 2.75) is 13.5 Å². The van der Waals surface area contributed by atoms with Gasteiger partial charge in [0.15, 0.2) is 0 Å². The van der Waals surface area contributed by atoms with E-state index < -0.39 is 5.91 Å². The van der Waals surface area contributed by atoms with E-state index in [0.29, 0.717) is 12.1 Å². The molecule has 5 nitrogen and oxygen atoms in total. The molecule has 0 spiro atoms. The van der Waals surface area contributed by atoms with Crippen molar-refractivity contribution in [3.63, 3.8) is 0 Å². The van der Waals surface area contributed by atoms with Gasteiger partial charge in [0.25, 0.3) is 0 Å². The molecule has 114 valence electrons. The Morgan fingerprint density at radius 3 is 2.23 bits per heavy atom. The molecule has 2 amide bonds. The molecule has 0 heterocycles. The van der Waals surface area contributed by atoms with Crippen LogP contribution in [0.5, 0.6) is 0 Å². The third-order valence-electron chi connectivity index (χ3n) is 3.23. The van der Waals surface area contributed by atoms with E-state index in [2.05, 4.69) is 10.6 Å². The van der Waals surface area contributed by atoms with Gasteiger partial charge in [-0.25, -0.2) is 0 Å². The Bertz CT molecular complexity index is 649. The molecule has 0 radical (unpaired) electrons. The number of benzene rings is 2. The van der Waals surface area contributed by atoms with Gasteiger partial charge in [0.05, 0.1) is 6.54 Å². The summed E-state index contributed by atoms with van der Waals surface area (Å²) < 4.78 is 0. The number of primary amides is 1. The molecule has 0 saturated carbocycles. The molecule has 2 aromatic carbocycles. The largest absolute Gasteiger partial charge is 0.376 e. The van der Waals surface area contributed by atoms with Crippen LogP contribution < -0.4 is 16.4 Å². The molecule has 0 aliphatic rings. The Hall–Kier alpha value is -2.82. The number of hydrogen-bond donors (Lipinski definition) is 3. The lowest BCUT2D eigenvalue weighted by atomic mass is 10.1. The van der Waals surface area contributed by atoms with Gasteiger partial charge >= 0.3 is 0 Å². The second-order valence-electron chi connectivity index (χ2n) is 5.06. The average molecular weight is 297 g/mol. The van der Waals surface area contributed by atoms with Crippen molar-refractivity contribution in [2.24, 2.45) is 5.73 Å². The highest BCUT2D eigenvalue weighted by Crippen LogP contribution is 2.08. The van der Waals surface area contributed by atoms with E-state index in [4.69, 9.17) is 5.73 Å². The van der Waals surface area contributed by atoms with Crippen LogP contribution in [0, 0.1) is 6.92 Å². The summed E-state index contributed by atoms with van der Waals surface area (Å²) in [6.45, 7) is 2.69. The second kappa shape index (κ2) is 7.26. The topological polar surface area (TPSA) is 84.2 Å². The summed E-state index contributed by atoms with van der Waals surface area (Å²) in [6.07, 6.45) is 0. The standard InChI is InChI=1S/C17H19N3O2/c1-12-2-4-13(5-3-12)10-20-16(21)11-19-15-8-6-14(7-9-15)17(18)22/h2-9,19H,10-11H2,1H3,(H2,18,22)(H,20,21). The highest BCUT2D eigenvalue weighted by molar-refractivity contribution is 5.93. The fourth-order valence-electron chi connectivity index (χ4n) is 1.90. The van der Waals surface area contributed by atoms with Gasteiger partial charge in [0.2, 0.25) is 11.8 Å². The van der Waals surface area contributed by atoms with Crippen LogP contribution in [-0.4, -0.2) is 18.4 Å². The number of anilines is 1. The molecule has 0 bridgehead atoms. The molecule has 0 aliphatic heterocycles. The smallest absolute Gasteiger partial charge is 0.248 e. The number of nitrogens with one attached hydrogen (secondary N) is 2. The van der Waals surface area contributed by atoms with Crippen LogP contribution in [-0.2, 0) is 11.3 Å². The Kier molecular flexibility index (Phi) is 5.14. The lowest BCUT2D eigenvalue weighted by Gasteiger charge is -2.08. The number of rotatable bonds is 6. The maximum absolute atomic E-state index is 11.8. The first kappa shape index (κ1) is 15.6. The molecule has 0 aromatic heterocycles. The molecular weight excluding hydrogens is 278 g/mol. The Morgan fingerprint density at radius 2 is 1.64 bits per heavy atom. The van der Waals surface area contributed by atoms with Crippen molar-refractivity contribution in [1.82, 2.24) is 5.32 Å². The lowest BCUT2D eigenvalue weighted by Crippen LogP contribution is -2.29. The van der Waals surface area contributed by atoms with E-state index in [-0.39, 0.29) is 12.5 Å². The van der Waals surface area contributed by atoms with Crippen LogP contribution in [0.15, 0.2) is 48.5 Å². The first-order valence-corrected chi connectivity index (χ1v) is 7.00. The number of nitrogens with two attached hydrogens (primary N) is 1. The minimum Gasteiger partial charge on any atom is -0.376 e. The monoisotopic (exact) mass is 297 g/mol. The number of carbonyl (C=O) groups excluding carboxylic acids is 2. The summed E-state index contributed by atoms with van der Waals surface area (Å²) >= 11 is 0. The van der Waals surface area contributed by atoms with Crippen molar-refractivity contribution >= 4 is 17.5 Å². The van der Waals surface area contributed by atoms with Crippen molar-refractivity contribution in [1.29, 1.82) is 0 Å². The third kappa shape index (κ3) is 4.63. The first-order chi connectivity index (χ1) is 10.5. The molecule has 0 aliphatic carbocycles. The SMILES string of the molecule is Cc1ccc(CNC(=O)CNc2ccc(C(N)=O)cc2)cc1. The fourth-order valence-corrected chi connectivity index (χ4v) is 1.90. The van der Waals surface area contributed by atoms with E-state index in [1.54, 1.807) is 24.3 Å². The summed E-state index contributed by atoms with van der Waals surface area (Å²) in [6, 6.07) is 14.7. The van der Waals surface area contributed by atoms with Crippen LogP contribution in [0.25, 0.3) is 0 Å². The van der Waals surface area contributed by atoms with Crippen LogP contribution >= 0.6 is 0 Å². The number of aryl methyl sites for hydroxylation is 1. The van der Waals surface area contributed by atoms with Crippen molar-refractivity contribution in [2.75, 3.05) is 11.9 Å². The molecule has 2 rings (SSSR count). The zero-order valence-corrected chi connectivity index (χ0v) is 12.4. The van der Waals surface area contributed by atoms with Crippen LogP contribution in [0.1, 0.15) is 21.5 Å². The summed E-state index contributed by atoms with van der Waals surface area (Å²) in [5.74, 6) is -0.568. The normalized spacial score (nSPS) is 10.0. The van der Waals surface area contributed by atoms with E-state index in [0.717, 1.165) is 11.3 Å². The van der Waals surface area contributed by atoms with Gasteiger partial charge in [-0.1, -0.05) is 29.8 Å². The van der Waals surface area contributed by atoms with E-state index in [1.165, 1.54) is 5.56 Å². The number of carbonyl (C=O) groups is 2. The molecule has 5 heteroatoms. The Morgan fingerprint density at radius 1 is 1.00 bits per heavy atom. The van der Waals surface area contributed by atoms with Crippen LogP contribution in [0.4, 0.5) is 5.69 Å². The zero-order chi connectivity index (χ0) is 15.9. The van der Waals surface area contributed by atoms with Crippen molar-refractivity contribution < 1.29 is 9.59 Å². The molecule has 0 fully saturated rings. The number of hydrogen-bond acceptors (Lipinski definition) is 3.